The Morgan fingerprint density at radius 2 is 2.17 bits per heavy atom. The van der Waals surface area contributed by atoms with Gasteiger partial charge in [-0.25, -0.2) is 13.6 Å². The summed E-state index contributed by atoms with van der Waals surface area (Å²) < 4.78 is 30.7. The fourth-order valence-electron chi connectivity index (χ4n) is 1.45. The van der Waals surface area contributed by atoms with Gasteiger partial charge in [0.05, 0.1) is 23.3 Å². The number of rotatable bonds is 3. The molecule has 0 bridgehead atoms. The second-order valence-electron chi connectivity index (χ2n) is 4.03. The van der Waals surface area contributed by atoms with Crippen LogP contribution in [-0.2, 0) is 14.3 Å². The molecule has 1 aliphatic heterocycles. The van der Waals surface area contributed by atoms with Gasteiger partial charge in [-0.1, -0.05) is 11.6 Å². The summed E-state index contributed by atoms with van der Waals surface area (Å²) >= 11 is 6.53. The quantitative estimate of drug-likeness (QED) is 0.295. The van der Waals surface area contributed by atoms with Gasteiger partial charge in [-0.2, -0.15) is 5.10 Å². The third-order valence-corrected chi connectivity index (χ3v) is 3.77. The van der Waals surface area contributed by atoms with Gasteiger partial charge in [0.15, 0.2) is 5.17 Å². The number of carbonyl (C=O) groups excluding carboxylic acids is 2. The van der Waals surface area contributed by atoms with Crippen molar-refractivity contribution in [3.8, 4) is 0 Å². The number of esters is 1. The van der Waals surface area contributed by atoms with Crippen LogP contribution in [0.15, 0.2) is 33.3 Å². The van der Waals surface area contributed by atoms with Gasteiger partial charge >= 0.3 is 5.97 Å². The van der Waals surface area contributed by atoms with Crippen LogP contribution in [0.4, 0.5) is 8.78 Å². The van der Waals surface area contributed by atoms with Crippen molar-refractivity contribution in [1.29, 1.82) is 0 Å². The number of amidine groups is 1. The summed E-state index contributed by atoms with van der Waals surface area (Å²) in [6, 6.07) is 1.63. The molecule has 0 unspecified atom stereocenters. The Morgan fingerprint density at radius 1 is 1.43 bits per heavy atom. The Balaban J connectivity index is 2.14. The number of benzene rings is 1. The molecule has 0 spiro atoms. The summed E-state index contributed by atoms with van der Waals surface area (Å²) in [6.45, 7) is 0. The summed E-state index contributed by atoms with van der Waals surface area (Å²) in [5, 5.41) is 9.43. The maximum Gasteiger partial charge on any atom is 0.331 e. The van der Waals surface area contributed by atoms with Gasteiger partial charge in [-0.05, 0) is 17.8 Å². The second kappa shape index (κ2) is 7.34. The lowest BCUT2D eigenvalue weighted by Gasteiger charge is -1.98. The van der Waals surface area contributed by atoms with E-state index in [1.165, 1.54) is 7.11 Å². The van der Waals surface area contributed by atoms with Crippen molar-refractivity contribution < 1.29 is 23.1 Å². The van der Waals surface area contributed by atoms with Crippen molar-refractivity contribution in [3.63, 3.8) is 0 Å². The van der Waals surface area contributed by atoms with Crippen LogP contribution in [-0.4, -0.2) is 30.4 Å². The maximum absolute atomic E-state index is 13.2. The van der Waals surface area contributed by atoms with E-state index in [-0.39, 0.29) is 20.7 Å². The van der Waals surface area contributed by atoms with Gasteiger partial charge in [0, 0.05) is 17.7 Å². The molecule has 1 N–H and O–H groups in total. The number of hydrogen-bond donors (Lipinski definition) is 1. The van der Waals surface area contributed by atoms with Crippen LogP contribution in [0.3, 0.4) is 0 Å². The fourth-order valence-corrected chi connectivity index (χ4v) is 2.35. The van der Waals surface area contributed by atoms with Crippen LogP contribution in [0.1, 0.15) is 5.56 Å². The number of thioether (sulfide) groups is 1. The number of ether oxygens (including phenoxy) is 1. The van der Waals surface area contributed by atoms with Crippen molar-refractivity contribution in [2.75, 3.05) is 7.11 Å². The third-order valence-electron chi connectivity index (χ3n) is 2.47. The Morgan fingerprint density at radius 3 is 2.87 bits per heavy atom. The van der Waals surface area contributed by atoms with Gasteiger partial charge < -0.3 is 4.74 Å². The van der Waals surface area contributed by atoms with Gasteiger partial charge in [0.25, 0.3) is 5.91 Å². The van der Waals surface area contributed by atoms with E-state index in [0.717, 1.165) is 30.1 Å². The summed E-state index contributed by atoms with van der Waals surface area (Å²) in [5.41, 5.74) is -0.00633. The maximum atomic E-state index is 13.2. The molecule has 0 saturated carbocycles. The first-order valence-corrected chi connectivity index (χ1v) is 7.14. The number of nitrogens with one attached hydrogen (secondary N) is 1. The average Bonchev–Trinajstić information content (AvgIpc) is 2.84. The zero-order chi connectivity index (χ0) is 17.0. The molecular weight excluding hydrogens is 352 g/mol. The topological polar surface area (TPSA) is 80.1 Å². The van der Waals surface area contributed by atoms with Crippen LogP contribution in [0.25, 0.3) is 0 Å². The van der Waals surface area contributed by atoms with Crippen molar-refractivity contribution >= 4 is 46.6 Å². The Bertz CT molecular complexity index is 765. The van der Waals surface area contributed by atoms with Crippen molar-refractivity contribution in [1.82, 2.24) is 5.32 Å². The van der Waals surface area contributed by atoms with E-state index in [2.05, 4.69) is 20.3 Å². The molecule has 1 saturated heterocycles. The highest BCUT2D eigenvalue weighted by Gasteiger charge is 2.25. The molecule has 0 aromatic heterocycles. The standard InChI is InChI=1S/C13H8ClF2N3O3S/c1-22-10(20)4-9-12(21)18-13(23-9)19-17-5-6-2-7(15)3-8(16)11(6)14/h2-5H,1H3,(H,18,19,21)/b9-4+,17-5?. The number of amides is 1. The normalized spacial score (nSPS) is 18.0. The highest BCUT2D eigenvalue weighted by Crippen LogP contribution is 2.24. The summed E-state index contributed by atoms with van der Waals surface area (Å²) in [5.74, 6) is -2.96. The molecule has 1 heterocycles. The van der Waals surface area contributed by atoms with Gasteiger partial charge in [0.2, 0.25) is 0 Å². The largest absolute Gasteiger partial charge is 0.466 e. The molecule has 1 aromatic carbocycles. The number of halogens is 3. The summed E-state index contributed by atoms with van der Waals surface area (Å²) in [6.07, 6.45) is 2.04. The zero-order valence-corrected chi connectivity index (χ0v) is 13.0. The van der Waals surface area contributed by atoms with E-state index < -0.39 is 23.5 Å². The molecule has 23 heavy (non-hydrogen) atoms. The number of methoxy groups -OCH3 is 1. The molecule has 2 rings (SSSR count). The summed E-state index contributed by atoms with van der Waals surface area (Å²) in [4.78, 5) is 22.7. The average molecular weight is 360 g/mol. The molecule has 0 radical (unpaired) electrons. The van der Waals surface area contributed by atoms with E-state index in [0.29, 0.717) is 6.07 Å². The van der Waals surface area contributed by atoms with Crippen molar-refractivity contribution in [2.45, 2.75) is 0 Å². The highest BCUT2D eigenvalue weighted by molar-refractivity contribution is 8.18. The van der Waals surface area contributed by atoms with Gasteiger partial charge in [-0.15, -0.1) is 5.10 Å². The van der Waals surface area contributed by atoms with E-state index >= 15 is 0 Å². The molecule has 10 heteroatoms. The minimum absolute atomic E-state index is 0.00633. The van der Waals surface area contributed by atoms with Crippen LogP contribution in [0, 0.1) is 11.6 Å². The van der Waals surface area contributed by atoms with Crippen molar-refractivity contribution in [2.24, 2.45) is 10.2 Å². The monoisotopic (exact) mass is 359 g/mol. The Labute approximate surface area is 138 Å². The second-order valence-corrected chi connectivity index (χ2v) is 5.44. The predicted molar refractivity (Wildman–Crippen MR) is 82.2 cm³/mol. The lowest BCUT2D eigenvalue weighted by atomic mass is 10.2. The summed E-state index contributed by atoms with van der Waals surface area (Å²) in [7, 11) is 1.18. The van der Waals surface area contributed by atoms with E-state index in [9.17, 15) is 18.4 Å². The molecule has 6 nitrogen and oxygen atoms in total. The molecule has 0 aliphatic carbocycles. The predicted octanol–water partition coefficient (Wildman–Crippen LogP) is 2.23. The van der Waals surface area contributed by atoms with E-state index in [4.69, 9.17) is 11.6 Å². The van der Waals surface area contributed by atoms with Crippen LogP contribution in [0.5, 0.6) is 0 Å². The molecule has 120 valence electrons. The zero-order valence-electron chi connectivity index (χ0n) is 11.5. The Kier molecular flexibility index (Phi) is 5.45. The lowest BCUT2D eigenvalue weighted by molar-refractivity contribution is -0.135. The SMILES string of the molecule is COC(=O)/C=C1/S/C(=N\N=Cc2cc(F)cc(F)c2Cl)NC1=O. The van der Waals surface area contributed by atoms with Crippen molar-refractivity contribution in [3.05, 3.63) is 45.3 Å². The number of hydrogen-bond acceptors (Lipinski definition) is 6. The number of carbonyl (C=O) groups is 2. The molecule has 0 atom stereocenters. The molecule has 1 aliphatic rings. The van der Waals surface area contributed by atoms with E-state index in [1.54, 1.807) is 0 Å². The Hall–Kier alpha value is -2.26. The minimum atomic E-state index is -0.924. The van der Waals surface area contributed by atoms with Crippen LogP contribution in [0.2, 0.25) is 5.02 Å². The molecule has 1 aromatic rings. The fraction of sp³-hybridized carbons (Fsp3) is 0.0769. The van der Waals surface area contributed by atoms with Gasteiger partial charge in [-0.3, -0.25) is 10.1 Å². The third kappa shape index (κ3) is 4.36. The van der Waals surface area contributed by atoms with Crippen LogP contribution >= 0.6 is 23.4 Å². The first-order valence-electron chi connectivity index (χ1n) is 5.95. The lowest BCUT2D eigenvalue weighted by Crippen LogP contribution is -2.19. The van der Waals surface area contributed by atoms with Gasteiger partial charge in [0.1, 0.15) is 11.6 Å². The minimum Gasteiger partial charge on any atom is -0.466 e. The molecule has 1 amide bonds. The van der Waals surface area contributed by atoms with Crippen LogP contribution < -0.4 is 5.32 Å². The first kappa shape index (κ1) is 17.1. The van der Waals surface area contributed by atoms with E-state index in [1.807, 2.05) is 0 Å². The first-order chi connectivity index (χ1) is 10.9. The molecular formula is C13H8ClF2N3O3S. The molecule has 1 fully saturated rings. The highest BCUT2D eigenvalue weighted by atomic mass is 35.5. The number of nitrogens with zero attached hydrogens (tertiary/aromatic N) is 2. The smallest absolute Gasteiger partial charge is 0.331 e.